The van der Waals surface area contributed by atoms with Crippen molar-refractivity contribution >= 4 is 34.2 Å². The number of thioether (sulfide) groups is 1. The Morgan fingerprint density at radius 2 is 2.04 bits per heavy atom. The van der Waals surface area contributed by atoms with Crippen molar-refractivity contribution in [3.63, 3.8) is 0 Å². The molecule has 0 atom stereocenters. The quantitative estimate of drug-likeness (QED) is 0.767. The zero-order valence-electron chi connectivity index (χ0n) is 12.1. The van der Waals surface area contributed by atoms with Gasteiger partial charge in [0, 0.05) is 11.8 Å². The highest BCUT2D eigenvalue weighted by atomic mass is 32.2. The van der Waals surface area contributed by atoms with E-state index in [0.717, 1.165) is 23.9 Å². The number of ether oxygens (including phenoxy) is 1. The maximum absolute atomic E-state index is 12.0. The van der Waals surface area contributed by atoms with Crippen LogP contribution in [0.3, 0.4) is 0 Å². The van der Waals surface area contributed by atoms with E-state index in [-0.39, 0.29) is 29.5 Å². The lowest BCUT2D eigenvalue weighted by Crippen LogP contribution is -2.18. The number of hydrogen-bond acceptors (Lipinski definition) is 5. The molecule has 3 N–H and O–H groups in total. The molecule has 128 valence electrons. The van der Waals surface area contributed by atoms with E-state index in [1.54, 1.807) is 0 Å². The van der Waals surface area contributed by atoms with Crippen LogP contribution in [-0.4, -0.2) is 34.0 Å². The number of nitrogens with zero attached hydrogens (tertiary/aromatic N) is 1. The summed E-state index contributed by atoms with van der Waals surface area (Å²) in [6.07, 6.45) is -3.39. The first-order chi connectivity index (χ1) is 11.2. The third kappa shape index (κ3) is 5.95. The second-order valence-corrected chi connectivity index (χ2v) is 5.66. The summed E-state index contributed by atoms with van der Waals surface area (Å²) in [5, 5.41) is 19.7. The molecule has 0 aliphatic carbocycles. The predicted octanol–water partition coefficient (Wildman–Crippen LogP) is 3.48. The normalized spacial score (nSPS) is 14.7. The maximum Gasteiger partial charge on any atom is 0.573 e. The molecule has 0 saturated carbocycles. The predicted molar refractivity (Wildman–Crippen MR) is 84.7 cm³/mol. The number of anilines is 1. The number of carbonyl (C=O) groups excluding carboxylic acids is 1. The lowest BCUT2D eigenvalue weighted by molar-refractivity contribution is -0.274. The lowest BCUT2D eigenvalue weighted by atomic mass is 10.3. The maximum atomic E-state index is 12.0. The van der Waals surface area contributed by atoms with Crippen molar-refractivity contribution in [2.75, 3.05) is 11.1 Å². The van der Waals surface area contributed by atoms with Crippen molar-refractivity contribution in [3.05, 3.63) is 36.1 Å². The third-order valence-corrected chi connectivity index (χ3v) is 3.60. The minimum absolute atomic E-state index is 0.00170. The van der Waals surface area contributed by atoms with E-state index in [1.165, 1.54) is 18.2 Å². The second-order valence-electron chi connectivity index (χ2n) is 4.61. The summed E-state index contributed by atoms with van der Waals surface area (Å²) in [7, 11) is 0. The molecule has 0 unspecified atom stereocenters. The molecule has 0 saturated heterocycles. The van der Waals surface area contributed by atoms with Gasteiger partial charge in [-0.1, -0.05) is 0 Å². The van der Waals surface area contributed by atoms with E-state index in [1.807, 2.05) is 0 Å². The van der Waals surface area contributed by atoms with Gasteiger partial charge in [0.2, 0.25) is 5.91 Å². The van der Waals surface area contributed by atoms with Crippen LogP contribution < -0.4 is 10.1 Å². The number of hydrogen-bond donors (Lipinski definition) is 3. The first-order valence-electron chi connectivity index (χ1n) is 6.55. The average Bonchev–Trinajstić information content (AvgIpc) is 2.45. The fraction of sp³-hybridized carbons (Fsp3) is 0.214. The van der Waals surface area contributed by atoms with Crippen LogP contribution >= 0.6 is 11.8 Å². The Hall–Kier alpha value is -2.49. The number of nitrogens with one attached hydrogen (secondary N) is 2. The molecule has 1 aromatic rings. The van der Waals surface area contributed by atoms with Crippen LogP contribution in [0.1, 0.15) is 6.42 Å². The molecule has 1 aromatic carbocycles. The van der Waals surface area contributed by atoms with Gasteiger partial charge >= 0.3 is 6.36 Å². The van der Waals surface area contributed by atoms with Gasteiger partial charge in [-0.15, -0.1) is 24.9 Å². The molecule has 2 rings (SSSR count). The highest BCUT2D eigenvalue weighted by Crippen LogP contribution is 2.24. The number of amidine groups is 1. The Morgan fingerprint density at radius 3 is 2.62 bits per heavy atom. The number of alkyl halides is 3. The van der Waals surface area contributed by atoms with Gasteiger partial charge in [0.05, 0.1) is 17.2 Å². The summed E-state index contributed by atoms with van der Waals surface area (Å²) in [6, 6.07) is 4.75. The van der Waals surface area contributed by atoms with Gasteiger partial charge in [-0.25, -0.2) is 4.99 Å². The Morgan fingerprint density at radius 1 is 1.38 bits per heavy atom. The average molecular weight is 359 g/mol. The Bertz CT molecular complexity index is 699. The minimum atomic E-state index is -4.77. The standard InChI is InChI=1S/C14H12F3N3O3S/c15-14(16,17)23-10-3-1-8(2-4-10)19-12(22)7-24-13-6-9(21)5-11(18)20-13/h1-5,18,21H,6-7H2,(H,19,22). The molecule has 1 heterocycles. The van der Waals surface area contributed by atoms with Crippen molar-refractivity contribution in [3.8, 4) is 5.75 Å². The molecule has 1 aliphatic heterocycles. The number of dihydropyridines is 1. The first kappa shape index (κ1) is 17.9. The topological polar surface area (TPSA) is 94.8 Å². The molecule has 10 heteroatoms. The monoisotopic (exact) mass is 359 g/mol. The number of amides is 1. The van der Waals surface area contributed by atoms with Crippen molar-refractivity contribution in [1.29, 1.82) is 5.41 Å². The summed E-state index contributed by atoms with van der Waals surface area (Å²) < 4.78 is 39.9. The van der Waals surface area contributed by atoms with Crippen LogP contribution in [0.5, 0.6) is 5.75 Å². The number of allylic oxidation sites excluding steroid dienone is 1. The van der Waals surface area contributed by atoms with Gasteiger partial charge in [-0.05, 0) is 24.3 Å². The molecule has 1 aliphatic rings. The van der Waals surface area contributed by atoms with Crippen LogP contribution in [0.4, 0.5) is 18.9 Å². The Kier molecular flexibility index (Phi) is 5.50. The fourth-order valence-corrected chi connectivity index (χ4v) is 2.52. The largest absolute Gasteiger partial charge is 0.573 e. The number of aliphatic imine (C=N–C) groups is 1. The van der Waals surface area contributed by atoms with Crippen molar-refractivity contribution in [2.45, 2.75) is 12.8 Å². The summed E-state index contributed by atoms with van der Waals surface area (Å²) in [6.45, 7) is 0. The van der Waals surface area contributed by atoms with E-state index in [4.69, 9.17) is 5.41 Å². The number of halogens is 3. The summed E-state index contributed by atoms with van der Waals surface area (Å²) >= 11 is 1.07. The van der Waals surface area contributed by atoms with Gasteiger partial charge in [-0.3, -0.25) is 10.2 Å². The van der Waals surface area contributed by atoms with E-state index in [2.05, 4.69) is 15.0 Å². The summed E-state index contributed by atoms with van der Waals surface area (Å²) in [5.41, 5.74) is 0.316. The fourth-order valence-electron chi connectivity index (χ4n) is 1.74. The summed E-state index contributed by atoms with van der Waals surface area (Å²) in [4.78, 5) is 15.7. The molecule has 0 fully saturated rings. The zero-order chi connectivity index (χ0) is 17.7. The van der Waals surface area contributed by atoms with E-state index in [0.29, 0.717) is 10.7 Å². The number of carbonyl (C=O) groups is 1. The van der Waals surface area contributed by atoms with Gasteiger partial charge in [-0.2, -0.15) is 0 Å². The van der Waals surface area contributed by atoms with Crippen LogP contribution in [0.2, 0.25) is 0 Å². The Labute approximate surface area is 138 Å². The molecule has 0 bridgehead atoms. The number of aliphatic hydroxyl groups is 1. The van der Waals surface area contributed by atoms with E-state index in [9.17, 15) is 23.1 Å². The van der Waals surface area contributed by atoms with Gasteiger partial charge in [0.1, 0.15) is 17.3 Å². The second kappa shape index (κ2) is 7.39. The van der Waals surface area contributed by atoms with Crippen LogP contribution in [0.25, 0.3) is 0 Å². The van der Waals surface area contributed by atoms with Crippen molar-refractivity contribution in [2.24, 2.45) is 4.99 Å². The SMILES string of the molecule is N=C1C=C(O)CC(SCC(=O)Nc2ccc(OC(F)(F)F)cc2)=N1. The number of aliphatic hydroxyl groups excluding tert-OH is 1. The van der Waals surface area contributed by atoms with E-state index < -0.39 is 12.3 Å². The van der Waals surface area contributed by atoms with Crippen LogP contribution in [0.15, 0.2) is 41.1 Å². The van der Waals surface area contributed by atoms with Gasteiger partial charge < -0.3 is 15.2 Å². The smallest absolute Gasteiger partial charge is 0.512 e. The third-order valence-electron chi connectivity index (χ3n) is 2.62. The molecule has 24 heavy (non-hydrogen) atoms. The first-order valence-corrected chi connectivity index (χ1v) is 7.54. The van der Waals surface area contributed by atoms with Crippen LogP contribution in [0, 0.1) is 5.41 Å². The molecule has 0 spiro atoms. The molecule has 1 amide bonds. The lowest BCUT2D eigenvalue weighted by Gasteiger charge is -2.11. The van der Waals surface area contributed by atoms with Crippen molar-refractivity contribution < 1.29 is 27.8 Å². The van der Waals surface area contributed by atoms with Crippen molar-refractivity contribution in [1.82, 2.24) is 0 Å². The molecular weight excluding hydrogens is 347 g/mol. The molecule has 6 nitrogen and oxygen atoms in total. The highest BCUT2D eigenvalue weighted by Gasteiger charge is 2.30. The number of benzene rings is 1. The Balaban J connectivity index is 1.83. The molecule has 0 radical (unpaired) electrons. The number of rotatable bonds is 4. The molecular formula is C14H12F3N3O3S. The molecule has 0 aromatic heterocycles. The van der Waals surface area contributed by atoms with Gasteiger partial charge in [0.15, 0.2) is 0 Å². The zero-order valence-corrected chi connectivity index (χ0v) is 12.9. The highest BCUT2D eigenvalue weighted by molar-refractivity contribution is 8.14. The van der Waals surface area contributed by atoms with Gasteiger partial charge in [0.25, 0.3) is 0 Å². The van der Waals surface area contributed by atoms with Crippen LogP contribution in [-0.2, 0) is 4.79 Å². The summed E-state index contributed by atoms with van der Waals surface area (Å²) in [5.74, 6) is -0.889. The van der Waals surface area contributed by atoms with E-state index >= 15 is 0 Å². The minimum Gasteiger partial charge on any atom is -0.512 e.